The van der Waals surface area contributed by atoms with E-state index in [0.29, 0.717) is 16.6 Å². The predicted molar refractivity (Wildman–Crippen MR) is 78.5 cm³/mol. The Balaban J connectivity index is 2.28. The number of carbonyl (C=O) groups is 1. The monoisotopic (exact) mass is 301 g/mol. The van der Waals surface area contributed by atoms with Crippen molar-refractivity contribution in [1.82, 2.24) is 9.97 Å². The lowest BCUT2D eigenvalue weighted by Gasteiger charge is -2.07. The summed E-state index contributed by atoms with van der Waals surface area (Å²) in [5.41, 5.74) is 7.09. The molecule has 0 aliphatic carbocycles. The van der Waals surface area contributed by atoms with Gasteiger partial charge in [0.15, 0.2) is 0 Å². The number of halogens is 2. The van der Waals surface area contributed by atoms with Gasteiger partial charge in [0.05, 0.1) is 10.5 Å². The average Bonchev–Trinajstić information content (AvgIpc) is 2.49. The van der Waals surface area contributed by atoms with E-state index < -0.39 is 11.7 Å². The van der Waals surface area contributed by atoms with Crippen molar-refractivity contribution in [3.05, 3.63) is 59.3 Å². The van der Waals surface area contributed by atoms with Gasteiger partial charge < -0.3 is 5.73 Å². The number of hydrogen-bond acceptors (Lipinski definition) is 3. The quantitative estimate of drug-likeness (QED) is 0.790. The fraction of sp³-hybridized carbons (Fsp3) is 0. The number of nitrogens with two attached hydrogens (primary N) is 1. The van der Waals surface area contributed by atoms with Crippen molar-refractivity contribution in [3.8, 4) is 11.1 Å². The molecule has 3 rings (SSSR count). The summed E-state index contributed by atoms with van der Waals surface area (Å²) in [4.78, 5) is 19.6. The number of benzene rings is 1. The highest BCUT2D eigenvalue weighted by Gasteiger charge is 2.11. The molecule has 0 saturated heterocycles. The van der Waals surface area contributed by atoms with Gasteiger partial charge in [-0.3, -0.25) is 9.78 Å². The van der Waals surface area contributed by atoms with E-state index in [9.17, 15) is 9.18 Å². The molecule has 2 heterocycles. The first-order chi connectivity index (χ1) is 10.1. The number of pyridine rings is 2. The Labute approximate surface area is 124 Å². The summed E-state index contributed by atoms with van der Waals surface area (Å²) in [6, 6.07) is 7.66. The van der Waals surface area contributed by atoms with Gasteiger partial charge in [-0.05, 0) is 29.8 Å². The standard InChI is InChI=1S/C15H9ClFN3O/c16-11-3-1-8(5-12(11)17)10-7-19-6-9-2-4-13(15(18)21)20-14(9)10/h1-7H,(H2,18,21). The van der Waals surface area contributed by atoms with E-state index in [2.05, 4.69) is 9.97 Å². The minimum Gasteiger partial charge on any atom is -0.364 e. The van der Waals surface area contributed by atoms with E-state index in [4.69, 9.17) is 17.3 Å². The second-order valence-corrected chi connectivity index (χ2v) is 4.86. The third kappa shape index (κ3) is 2.43. The Bertz CT molecular complexity index is 867. The molecule has 104 valence electrons. The number of fused-ring (bicyclic) bond motifs is 1. The first kappa shape index (κ1) is 13.5. The molecule has 1 aromatic carbocycles. The van der Waals surface area contributed by atoms with E-state index in [1.54, 1.807) is 24.5 Å². The van der Waals surface area contributed by atoms with E-state index >= 15 is 0 Å². The SMILES string of the molecule is NC(=O)c1ccc2cncc(-c3ccc(Cl)c(F)c3)c2n1. The molecular formula is C15H9ClFN3O. The second kappa shape index (κ2) is 5.10. The Morgan fingerprint density at radius 3 is 2.71 bits per heavy atom. The van der Waals surface area contributed by atoms with Crippen LogP contribution >= 0.6 is 11.6 Å². The average molecular weight is 302 g/mol. The zero-order valence-electron chi connectivity index (χ0n) is 10.7. The molecule has 0 unspecified atom stereocenters. The number of aromatic nitrogens is 2. The third-order valence-electron chi connectivity index (χ3n) is 3.08. The number of amides is 1. The Morgan fingerprint density at radius 2 is 2.00 bits per heavy atom. The molecule has 2 aromatic heterocycles. The van der Waals surface area contributed by atoms with Crippen LogP contribution in [0.5, 0.6) is 0 Å². The molecule has 6 heteroatoms. The minimum absolute atomic E-state index is 0.0396. The summed E-state index contributed by atoms with van der Waals surface area (Å²) in [5.74, 6) is -1.15. The van der Waals surface area contributed by atoms with Gasteiger partial charge in [-0.25, -0.2) is 9.37 Å². The summed E-state index contributed by atoms with van der Waals surface area (Å²) in [7, 11) is 0. The Morgan fingerprint density at radius 1 is 1.19 bits per heavy atom. The lowest BCUT2D eigenvalue weighted by molar-refractivity contribution is 0.0996. The molecule has 0 bridgehead atoms. The minimum atomic E-state index is -0.623. The summed E-state index contributed by atoms with van der Waals surface area (Å²) in [6.07, 6.45) is 3.17. The van der Waals surface area contributed by atoms with Gasteiger partial charge in [0.25, 0.3) is 5.91 Å². The highest BCUT2D eigenvalue weighted by Crippen LogP contribution is 2.28. The lowest BCUT2D eigenvalue weighted by Crippen LogP contribution is -2.12. The molecule has 2 N–H and O–H groups in total. The first-order valence-corrected chi connectivity index (χ1v) is 6.44. The van der Waals surface area contributed by atoms with Gasteiger partial charge in [0, 0.05) is 23.3 Å². The van der Waals surface area contributed by atoms with E-state index in [0.717, 1.165) is 5.39 Å². The molecular weight excluding hydrogens is 293 g/mol. The highest BCUT2D eigenvalue weighted by atomic mass is 35.5. The maximum atomic E-state index is 13.6. The van der Waals surface area contributed by atoms with Crippen molar-refractivity contribution in [1.29, 1.82) is 0 Å². The zero-order chi connectivity index (χ0) is 15.0. The number of nitrogens with zero attached hydrogens (tertiary/aromatic N) is 2. The number of carbonyl (C=O) groups excluding carboxylic acids is 1. The van der Waals surface area contributed by atoms with Gasteiger partial charge >= 0.3 is 0 Å². The van der Waals surface area contributed by atoms with Crippen molar-refractivity contribution < 1.29 is 9.18 Å². The van der Waals surface area contributed by atoms with Crippen LogP contribution in [0.15, 0.2) is 42.7 Å². The van der Waals surface area contributed by atoms with E-state index in [1.165, 1.54) is 18.2 Å². The molecule has 0 fully saturated rings. The van der Waals surface area contributed by atoms with Crippen molar-refractivity contribution >= 4 is 28.4 Å². The molecule has 0 atom stereocenters. The van der Waals surface area contributed by atoms with Gasteiger partial charge in [0.1, 0.15) is 11.5 Å². The first-order valence-electron chi connectivity index (χ1n) is 6.06. The van der Waals surface area contributed by atoms with Crippen LogP contribution in [-0.2, 0) is 0 Å². The molecule has 3 aromatic rings. The normalized spacial score (nSPS) is 10.8. The zero-order valence-corrected chi connectivity index (χ0v) is 11.4. The van der Waals surface area contributed by atoms with Gasteiger partial charge in [-0.1, -0.05) is 17.7 Å². The molecule has 21 heavy (non-hydrogen) atoms. The molecule has 0 radical (unpaired) electrons. The highest BCUT2D eigenvalue weighted by molar-refractivity contribution is 6.30. The van der Waals surface area contributed by atoms with E-state index in [-0.39, 0.29) is 10.7 Å². The summed E-state index contributed by atoms with van der Waals surface area (Å²) >= 11 is 5.69. The van der Waals surface area contributed by atoms with Gasteiger partial charge in [0.2, 0.25) is 0 Å². The lowest BCUT2D eigenvalue weighted by atomic mass is 10.0. The van der Waals surface area contributed by atoms with Crippen LogP contribution in [0.1, 0.15) is 10.5 Å². The molecule has 0 aliphatic rings. The van der Waals surface area contributed by atoms with Crippen LogP contribution in [0, 0.1) is 5.82 Å². The third-order valence-corrected chi connectivity index (χ3v) is 3.39. The number of primary amides is 1. The molecule has 0 aliphatic heterocycles. The Hall–Kier alpha value is -2.53. The largest absolute Gasteiger partial charge is 0.364 e. The van der Waals surface area contributed by atoms with Gasteiger partial charge in [-0.15, -0.1) is 0 Å². The van der Waals surface area contributed by atoms with Crippen molar-refractivity contribution in [3.63, 3.8) is 0 Å². The number of hydrogen-bond donors (Lipinski definition) is 1. The van der Waals surface area contributed by atoms with Crippen LogP contribution in [0.3, 0.4) is 0 Å². The van der Waals surface area contributed by atoms with Crippen molar-refractivity contribution in [2.75, 3.05) is 0 Å². The summed E-state index contributed by atoms with van der Waals surface area (Å²) in [5, 5.41) is 0.769. The van der Waals surface area contributed by atoms with Crippen LogP contribution in [-0.4, -0.2) is 15.9 Å². The fourth-order valence-electron chi connectivity index (χ4n) is 2.06. The van der Waals surface area contributed by atoms with Gasteiger partial charge in [-0.2, -0.15) is 0 Å². The smallest absolute Gasteiger partial charge is 0.267 e. The fourth-order valence-corrected chi connectivity index (χ4v) is 2.17. The van der Waals surface area contributed by atoms with Crippen LogP contribution < -0.4 is 5.73 Å². The summed E-state index contributed by atoms with van der Waals surface area (Å²) in [6.45, 7) is 0. The second-order valence-electron chi connectivity index (χ2n) is 4.45. The van der Waals surface area contributed by atoms with E-state index in [1.807, 2.05) is 0 Å². The summed E-state index contributed by atoms with van der Waals surface area (Å²) < 4.78 is 13.6. The topological polar surface area (TPSA) is 68.9 Å². The molecule has 0 spiro atoms. The molecule has 1 amide bonds. The van der Waals surface area contributed by atoms with Crippen LogP contribution in [0.25, 0.3) is 22.0 Å². The predicted octanol–water partition coefficient (Wildman–Crippen LogP) is 3.19. The van der Waals surface area contributed by atoms with Crippen molar-refractivity contribution in [2.45, 2.75) is 0 Å². The Kier molecular flexibility index (Phi) is 3.27. The van der Waals surface area contributed by atoms with Crippen LogP contribution in [0.2, 0.25) is 5.02 Å². The van der Waals surface area contributed by atoms with Crippen LogP contribution in [0.4, 0.5) is 4.39 Å². The molecule has 0 saturated carbocycles. The maximum Gasteiger partial charge on any atom is 0.267 e. The number of rotatable bonds is 2. The van der Waals surface area contributed by atoms with Crippen molar-refractivity contribution in [2.24, 2.45) is 5.73 Å². The molecule has 4 nitrogen and oxygen atoms in total. The maximum absolute atomic E-state index is 13.6.